The second-order valence-corrected chi connectivity index (χ2v) is 9.94. The zero-order valence-corrected chi connectivity index (χ0v) is 20.9. The van der Waals surface area contributed by atoms with E-state index in [1.165, 1.54) is 41.5 Å². The second-order valence-electron chi connectivity index (χ2n) is 7.90. The lowest BCUT2D eigenvalue weighted by Gasteiger charge is -2.16. The summed E-state index contributed by atoms with van der Waals surface area (Å²) in [6.07, 6.45) is 1.44. The molecule has 6 nitrogen and oxygen atoms in total. The van der Waals surface area contributed by atoms with Gasteiger partial charge in [0.25, 0.3) is 5.91 Å². The molecule has 0 fully saturated rings. The van der Waals surface area contributed by atoms with Gasteiger partial charge in [-0.05, 0) is 66.2 Å². The molecule has 0 radical (unpaired) electrons. The molecule has 1 atom stereocenters. The number of carbonyl (C=O) groups excluding carboxylic acids is 2. The van der Waals surface area contributed by atoms with Gasteiger partial charge in [-0.15, -0.1) is 23.1 Å². The number of furan rings is 1. The number of anilines is 2. The fourth-order valence-electron chi connectivity index (χ4n) is 3.51. The Balaban J connectivity index is 1.30. The first-order chi connectivity index (χ1) is 18.0. The van der Waals surface area contributed by atoms with Gasteiger partial charge in [0.05, 0.1) is 12.0 Å². The summed E-state index contributed by atoms with van der Waals surface area (Å²) < 4.78 is 18.4. The van der Waals surface area contributed by atoms with Crippen molar-refractivity contribution in [2.24, 2.45) is 0 Å². The number of halogens is 1. The van der Waals surface area contributed by atoms with Crippen LogP contribution in [0, 0.1) is 5.82 Å². The van der Waals surface area contributed by atoms with E-state index < -0.39 is 5.25 Å². The van der Waals surface area contributed by atoms with Crippen LogP contribution >= 0.6 is 23.1 Å². The minimum Gasteiger partial charge on any atom is -0.459 e. The highest BCUT2D eigenvalue weighted by molar-refractivity contribution is 8.00. The van der Waals surface area contributed by atoms with Crippen molar-refractivity contribution in [1.29, 1.82) is 0 Å². The number of rotatable bonds is 8. The number of carbonyl (C=O) groups is 2. The quantitative estimate of drug-likeness (QED) is 0.207. The second kappa shape index (κ2) is 11.2. The average molecular weight is 530 g/mol. The molecule has 0 bridgehead atoms. The molecular formula is C28H20FN3O3S2. The molecule has 5 aromatic rings. The molecule has 37 heavy (non-hydrogen) atoms. The fraction of sp³-hybridized carbons (Fsp3) is 0.0357. The van der Waals surface area contributed by atoms with E-state index in [1.54, 1.807) is 36.4 Å². The van der Waals surface area contributed by atoms with Crippen molar-refractivity contribution in [2.45, 2.75) is 10.1 Å². The van der Waals surface area contributed by atoms with Crippen molar-refractivity contribution in [3.05, 3.63) is 120 Å². The number of amides is 2. The lowest BCUT2D eigenvalue weighted by Crippen LogP contribution is -2.19. The van der Waals surface area contributed by atoms with Gasteiger partial charge in [-0.25, -0.2) is 9.37 Å². The highest BCUT2D eigenvalue weighted by Crippen LogP contribution is 2.37. The number of hydrogen-bond acceptors (Lipinski definition) is 6. The van der Waals surface area contributed by atoms with Crippen molar-refractivity contribution >= 4 is 45.7 Å². The van der Waals surface area contributed by atoms with Crippen LogP contribution in [0.15, 0.2) is 112 Å². The molecule has 0 aliphatic rings. The Morgan fingerprint density at radius 1 is 0.892 bits per heavy atom. The summed E-state index contributed by atoms with van der Waals surface area (Å²) in [5, 5.41) is 7.45. The van der Waals surface area contributed by atoms with Gasteiger partial charge < -0.3 is 15.1 Å². The predicted molar refractivity (Wildman–Crippen MR) is 144 cm³/mol. The lowest BCUT2D eigenvalue weighted by molar-refractivity contribution is -0.115. The number of thioether (sulfide) groups is 1. The first-order valence-electron chi connectivity index (χ1n) is 11.2. The van der Waals surface area contributed by atoms with Gasteiger partial charge in [-0.2, -0.15) is 0 Å². The first-order valence-corrected chi connectivity index (χ1v) is 13.0. The van der Waals surface area contributed by atoms with Crippen molar-refractivity contribution in [2.75, 3.05) is 10.6 Å². The first kappa shape index (κ1) is 24.5. The van der Waals surface area contributed by atoms with Crippen LogP contribution in [-0.2, 0) is 4.79 Å². The molecule has 2 heterocycles. The zero-order valence-electron chi connectivity index (χ0n) is 19.3. The summed E-state index contributed by atoms with van der Waals surface area (Å²) >= 11 is 2.70. The maximum absolute atomic E-state index is 13.4. The number of hydrogen-bond donors (Lipinski definition) is 2. The van der Waals surface area contributed by atoms with Crippen LogP contribution in [0.5, 0.6) is 0 Å². The van der Waals surface area contributed by atoms with Gasteiger partial charge in [0.1, 0.15) is 11.1 Å². The Morgan fingerprint density at radius 2 is 1.65 bits per heavy atom. The van der Waals surface area contributed by atoms with E-state index in [0.717, 1.165) is 16.0 Å². The molecule has 0 spiro atoms. The number of nitrogens with zero attached hydrogens (tertiary/aromatic N) is 1. The van der Waals surface area contributed by atoms with Crippen LogP contribution in [0.2, 0.25) is 0 Å². The monoisotopic (exact) mass is 529 g/mol. The molecule has 0 saturated carbocycles. The number of nitrogens with one attached hydrogen (secondary N) is 2. The van der Waals surface area contributed by atoms with Crippen LogP contribution in [0.4, 0.5) is 15.2 Å². The molecular weight excluding hydrogens is 509 g/mol. The summed E-state index contributed by atoms with van der Waals surface area (Å²) in [7, 11) is 0. The summed E-state index contributed by atoms with van der Waals surface area (Å²) in [6.45, 7) is 0. The summed E-state index contributed by atoms with van der Waals surface area (Å²) in [6, 6.07) is 26.0. The van der Waals surface area contributed by atoms with Gasteiger partial charge in [0.2, 0.25) is 5.91 Å². The minimum absolute atomic E-state index is 0.216. The van der Waals surface area contributed by atoms with E-state index in [0.29, 0.717) is 16.5 Å². The Morgan fingerprint density at radius 3 is 2.35 bits per heavy atom. The number of aromatic nitrogens is 1. The summed E-state index contributed by atoms with van der Waals surface area (Å²) in [5.41, 5.74) is 2.89. The van der Waals surface area contributed by atoms with E-state index >= 15 is 0 Å². The van der Waals surface area contributed by atoms with Gasteiger partial charge in [0, 0.05) is 21.5 Å². The van der Waals surface area contributed by atoms with Gasteiger partial charge in [0.15, 0.2) is 10.9 Å². The van der Waals surface area contributed by atoms with Crippen LogP contribution < -0.4 is 10.6 Å². The largest absolute Gasteiger partial charge is 0.459 e. The highest BCUT2D eigenvalue weighted by Gasteiger charge is 2.23. The molecule has 0 aliphatic carbocycles. The SMILES string of the molecule is O=C(Nc1ccc(SC(C(=O)Nc2nc(-c3ccc(F)cc3)cs2)c2ccccc2)cc1)c1ccco1. The average Bonchev–Trinajstić information content (AvgIpc) is 3.62. The van der Waals surface area contributed by atoms with Gasteiger partial charge >= 0.3 is 0 Å². The maximum Gasteiger partial charge on any atom is 0.291 e. The Kier molecular flexibility index (Phi) is 7.43. The molecule has 1 unspecified atom stereocenters. The van der Waals surface area contributed by atoms with Crippen molar-refractivity contribution in [3.63, 3.8) is 0 Å². The molecule has 5 rings (SSSR count). The van der Waals surface area contributed by atoms with E-state index in [4.69, 9.17) is 4.42 Å². The van der Waals surface area contributed by atoms with E-state index in [1.807, 2.05) is 47.8 Å². The van der Waals surface area contributed by atoms with Crippen molar-refractivity contribution < 1.29 is 18.4 Å². The third-order valence-corrected chi connectivity index (χ3v) is 7.35. The topological polar surface area (TPSA) is 84.2 Å². The molecule has 2 amide bonds. The number of thiazole rings is 1. The zero-order chi connectivity index (χ0) is 25.6. The van der Waals surface area contributed by atoms with Crippen LogP contribution in [0.25, 0.3) is 11.3 Å². The standard InChI is InChI=1S/C28H20FN3O3S2/c29-20-10-8-18(9-11-20)23-17-36-28(31-23)32-27(34)25(19-5-2-1-3-6-19)37-22-14-12-21(13-15-22)30-26(33)24-7-4-16-35-24/h1-17,25H,(H,30,33)(H,31,32,34). The summed E-state index contributed by atoms with van der Waals surface area (Å²) in [5.74, 6) is -0.644. The minimum atomic E-state index is -0.539. The van der Waals surface area contributed by atoms with Crippen molar-refractivity contribution in [1.82, 2.24) is 4.98 Å². The third kappa shape index (κ3) is 6.14. The Hall–Kier alpha value is -4.21. The molecule has 0 saturated heterocycles. The summed E-state index contributed by atoms with van der Waals surface area (Å²) in [4.78, 5) is 30.9. The molecule has 2 aromatic heterocycles. The van der Waals surface area contributed by atoms with Crippen molar-refractivity contribution in [3.8, 4) is 11.3 Å². The van der Waals surface area contributed by atoms with E-state index in [9.17, 15) is 14.0 Å². The lowest BCUT2D eigenvalue weighted by atomic mass is 10.1. The van der Waals surface area contributed by atoms with Gasteiger partial charge in [-0.1, -0.05) is 30.3 Å². The molecule has 3 aromatic carbocycles. The molecule has 0 aliphatic heterocycles. The highest BCUT2D eigenvalue weighted by atomic mass is 32.2. The van der Waals surface area contributed by atoms with E-state index in [2.05, 4.69) is 15.6 Å². The normalized spacial score (nSPS) is 11.6. The maximum atomic E-state index is 13.4. The molecule has 2 N–H and O–H groups in total. The van der Waals surface area contributed by atoms with E-state index in [-0.39, 0.29) is 23.4 Å². The van der Waals surface area contributed by atoms with Crippen LogP contribution in [0.1, 0.15) is 21.4 Å². The Labute approximate surface area is 220 Å². The Bertz CT molecular complexity index is 1490. The van der Waals surface area contributed by atoms with Crippen LogP contribution in [0.3, 0.4) is 0 Å². The predicted octanol–water partition coefficient (Wildman–Crippen LogP) is 7.27. The van der Waals surface area contributed by atoms with Gasteiger partial charge in [-0.3, -0.25) is 9.59 Å². The van der Waals surface area contributed by atoms with Crippen LogP contribution in [-0.4, -0.2) is 16.8 Å². The fourth-order valence-corrected chi connectivity index (χ4v) is 5.26. The number of benzene rings is 3. The molecule has 9 heteroatoms. The molecule has 184 valence electrons. The smallest absolute Gasteiger partial charge is 0.291 e. The third-order valence-electron chi connectivity index (χ3n) is 5.33.